The summed E-state index contributed by atoms with van der Waals surface area (Å²) in [6, 6.07) is 14.1. The summed E-state index contributed by atoms with van der Waals surface area (Å²) in [7, 11) is 0. The predicted octanol–water partition coefficient (Wildman–Crippen LogP) is 2.08. The third kappa shape index (κ3) is 1.75. The first kappa shape index (κ1) is 10.2. The Morgan fingerprint density at radius 3 is 2.25 bits per heavy atom. The molecule has 2 rings (SSSR count). The molecule has 0 saturated heterocycles. The Kier molecular flexibility index (Phi) is 2.60. The molecule has 2 aromatic rings. The molecule has 0 aromatic heterocycles. The molecule has 3 nitrogen and oxygen atoms in total. The van der Waals surface area contributed by atoms with Crippen molar-refractivity contribution in [1.29, 1.82) is 0 Å². The Balaban J connectivity index is 2.46. The van der Waals surface area contributed by atoms with Gasteiger partial charge in [0, 0.05) is 11.1 Å². The Morgan fingerprint density at radius 1 is 0.875 bits per heavy atom. The van der Waals surface area contributed by atoms with E-state index in [0.717, 1.165) is 0 Å². The van der Waals surface area contributed by atoms with Gasteiger partial charge in [0.05, 0.1) is 11.4 Å². The molecule has 0 aliphatic heterocycles. The lowest BCUT2D eigenvalue weighted by Gasteiger charge is -2.06. The van der Waals surface area contributed by atoms with E-state index in [2.05, 4.69) is 0 Å². The SMILES string of the molecule is Nc1cccc(C(=O)c2ccccc2)c1N. The van der Waals surface area contributed by atoms with Crippen molar-refractivity contribution in [3.63, 3.8) is 0 Å². The van der Waals surface area contributed by atoms with Crippen LogP contribution >= 0.6 is 0 Å². The number of nitrogens with two attached hydrogens (primary N) is 2. The molecule has 0 amide bonds. The van der Waals surface area contributed by atoms with Crippen molar-refractivity contribution in [3.05, 3.63) is 59.7 Å². The maximum atomic E-state index is 12.1. The van der Waals surface area contributed by atoms with E-state index in [1.165, 1.54) is 0 Å². The van der Waals surface area contributed by atoms with Crippen molar-refractivity contribution in [2.75, 3.05) is 11.5 Å². The lowest BCUT2D eigenvalue weighted by atomic mass is 10.0. The Morgan fingerprint density at radius 2 is 1.56 bits per heavy atom. The fourth-order valence-electron chi connectivity index (χ4n) is 1.53. The lowest BCUT2D eigenvalue weighted by Crippen LogP contribution is -2.07. The highest BCUT2D eigenvalue weighted by Gasteiger charge is 2.12. The molecule has 0 spiro atoms. The molecule has 0 atom stereocenters. The fourth-order valence-corrected chi connectivity index (χ4v) is 1.53. The number of carbonyl (C=O) groups excluding carboxylic acids is 1. The van der Waals surface area contributed by atoms with Crippen molar-refractivity contribution in [1.82, 2.24) is 0 Å². The minimum absolute atomic E-state index is 0.106. The van der Waals surface area contributed by atoms with E-state index in [1.807, 2.05) is 18.2 Å². The van der Waals surface area contributed by atoms with Gasteiger partial charge in [0.1, 0.15) is 0 Å². The van der Waals surface area contributed by atoms with E-state index in [0.29, 0.717) is 22.5 Å². The monoisotopic (exact) mass is 212 g/mol. The van der Waals surface area contributed by atoms with Gasteiger partial charge in [0.15, 0.2) is 5.78 Å². The largest absolute Gasteiger partial charge is 0.397 e. The minimum atomic E-state index is -0.106. The summed E-state index contributed by atoms with van der Waals surface area (Å²) in [6.07, 6.45) is 0. The highest BCUT2D eigenvalue weighted by Crippen LogP contribution is 2.22. The summed E-state index contributed by atoms with van der Waals surface area (Å²) < 4.78 is 0. The molecule has 2 aromatic carbocycles. The summed E-state index contributed by atoms with van der Waals surface area (Å²) in [4.78, 5) is 12.1. The summed E-state index contributed by atoms with van der Waals surface area (Å²) >= 11 is 0. The topological polar surface area (TPSA) is 69.1 Å². The zero-order valence-corrected chi connectivity index (χ0v) is 8.68. The molecule has 16 heavy (non-hydrogen) atoms. The zero-order chi connectivity index (χ0) is 11.5. The second-order valence-electron chi connectivity index (χ2n) is 3.50. The zero-order valence-electron chi connectivity index (χ0n) is 8.68. The molecule has 0 fully saturated rings. The van der Waals surface area contributed by atoms with Crippen molar-refractivity contribution >= 4 is 17.2 Å². The van der Waals surface area contributed by atoms with E-state index < -0.39 is 0 Å². The van der Waals surface area contributed by atoms with Crippen LogP contribution in [0.2, 0.25) is 0 Å². The Labute approximate surface area is 93.7 Å². The number of ketones is 1. The molecule has 0 unspecified atom stereocenters. The first-order valence-corrected chi connectivity index (χ1v) is 4.94. The molecule has 0 radical (unpaired) electrons. The van der Waals surface area contributed by atoms with Crippen LogP contribution in [0.4, 0.5) is 11.4 Å². The predicted molar refractivity (Wildman–Crippen MR) is 65.1 cm³/mol. The van der Waals surface area contributed by atoms with Gasteiger partial charge in [-0.2, -0.15) is 0 Å². The number of carbonyl (C=O) groups is 1. The van der Waals surface area contributed by atoms with Gasteiger partial charge in [-0.15, -0.1) is 0 Å². The van der Waals surface area contributed by atoms with Crippen molar-refractivity contribution in [3.8, 4) is 0 Å². The van der Waals surface area contributed by atoms with Gasteiger partial charge in [0.25, 0.3) is 0 Å². The number of anilines is 2. The Hall–Kier alpha value is -2.29. The van der Waals surface area contributed by atoms with Crippen LogP contribution in [0.3, 0.4) is 0 Å². The second-order valence-corrected chi connectivity index (χ2v) is 3.50. The number of para-hydroxylation sites is 1. The molecular formula is C13H12N2O. The third-order valence-electron chi connectivity index (χ3n) is 2.42. The number of rotatable bonds is 2. The normalized spacial score (nSPS) is 10.0. The lowest BCUT2D eigenvalue weighted by molar-refractivity contribution is 0.103. The van der Waals surface area contributed by atoms with Gasteiger partial charge in [-0.3, -0.25) is 4.79 Å². The quantitative estimate of drug-likeness (QED) is 0.591. The van der Waals surface area contributed by atoms with Crippen LogP contribution < -0.4 is 11.5 Å². The highest BCUT2D eigenvalue weighted by atomic mass is 16.1. The van der Waals surface area contributed by atoms with Crippen LogP contribution in [0.15, 0.2) is 48.5 Å². The summed E-state index contributed by atoms with van der Waals surface area (Å²) in [5.41, 5.74) is 13.3. The molecule has 80 valence electrons. The van der Waals surface area contributed by atoms with E-state index >= 15 is 0 Å². The van der Waals surface area contributed by atoms with Crippen LogP contribution in [0.1, 0.15) is 15.9 Å². The number of nitrogen functional groups attached to an aromatic ring is 2. The van der Waals surface area contributed by atoms with Crippen molar-refractivity contribution in [2.45, 2.75) is 0 Å². The van der Waals surface area contributed by atoms with Gasteiger partial charge in [-0.25, -0.2) is 0 Å². The van der Waals surface area contributed by atoms with Crippen LogP contribution in [-0.4, -0.2) is 5.78 Å². The summed E-state index contributed by atoms with van der Waals surface area (Å²) in [5.74, 6) is -0.106. The molecule has 4 N–H and O–H groups in total. The van der Waals surface area contributed by atoms with Gasteiger partial charge in [0.2, 0.25) is 0 Å². The van der Waals surface area contributed by atoms with Crippen LogP contribution in [0.25, 0.3) is 0 Å². The van der Waals surface area contributed by atoms with Crippen molar-refractivity contribution in [2.24, 2.45) is 0 Å². The van der Waals surface area contributed by atoms with Crippen molar-refractivity contribution < 1.29 is 4.79 Å². The fraction of sp³-hybridized carbons (Fsp3) is 0. The number of hydrogen-bond donors (Lipinski definition) is 2. The third-order valence-corrected chi connectivity index (χ3v) is 2.42. The average molecular weight is 212 g/mol. The van der Waals surface area contributed by atoms with Gasteiger partial charge in [-0.05, 0) is 12.1 Å². The van der Waals surface area contributed by atoms with Crippen LogP contribution in [0, 0.1) is 0 Å². The highest BCUT2D eigenvalue weighted by molar-refractivity contribution is 6.13. The molecule has 0 aliphatic carbocycles. The molecule has 0 aliphatic rings. The first-order valence-electron chi connectivity index (χ1n) is 4.94. The van der Waals surface area contributed by atoms with E-state index in [-0.39, 0.29) is 5.78 Å². The molecular weight excluding hydrogens is 200 g/mol. The average Bonchev–Trinajstić information content (AvgIpc) is 2.33. The summed E-state index contributed by atoms with van der Waals surface area (Å²) in [6.45, 7) is 0. The van der Waals surface area contributed by atoms with Gasteiger partial charge < -0.3 is 11.5 Å². The smallest absolute Gasteiger partial charge is 0.195 e. The van der Waals surface area contributed by atoms with Crippen LogP contribution in [0.5, 0.6) is 0 Å². The van der Waals surface area contributed by atoms with E-state index in [9.17, 15) is 4.79 Å². The molecule has 3 heteroatoms. The maximum Gasteiger partial charge on any atom is 0.195 e. The van der Waals surface area contributed by atoms with Gasteiger partial charge >= 0.3 is 0 Å². The molecule has 0 saturated carbocycles. The maximum absolute atomic E-state index is 12.1. The Bertz CT molecular complexity index is 521. The number of hydrogen-bond acceptors (Lipinski definition) is 3. The first-order chi connectivity index (χ1) is 7.70. The van der Waals surface area contributed by atoms with Gasteiger partial charge in [-0.1, -0.05) is 36.4 Å². The summed E-state index contributed by atoms with van der Waals surface area (Å²) in [5, 5.41) is 0. The molecule has 0 heterocycles. The van der Waals surface area contributed by atoms with E-state index in [4.69, 9.17) is 11.5 Å². The second kappa shape index (κ2) is 4.06. The number of benzene rings is 2. The van der Waals surface area contributed by atoms with Crippen LogP contribution in [-0.2, 0) is 0 Å². The standard InChI is InChI=1S/C13H12N2O/c14-11-8-4-7-10(12(11)15)13(16)9-5-2-1-3-6-9/h1-8H,14-15H2. The van der Waals surface area contributed by atoms with E-state index in [1.54, 1.807) is 30.3 Å². The molecule has 0 bridgehead atoms. The minimum Gasteiger partial charge on any atom is -0.397 e.